The highest BCUT2D eigenvalue weighted by Gasteiger charge is 2.41. The summed E-state index contributed by atoms with van der Waals surface area (Å²) in [6.45, 7) is 3.31. The molecule has 2 bridgehead atoms. The number of ether oxygens (including phenoxy) is 1. The van der Waals surface area contributed by atoms with Gasteiger partial charge in [0.2, 0.25) is 0 Å². The molecule has 0 saturated heterocycles. The minimum atomic E-state index is -0.0956. The van der Waals surface area contributed by atoms with Crippen molar-refractivity contribution in [3.05, 3.63) is 83.1 Å². The Labute approximate surface area is 184 Å². The van der Waals surface area contributed by atoms with E-state index in [0.29, 0.717) is 19.1 Å². The van der Waals surface area contributed by atoms with Crippen molar-refractivity contribution in [1.29, 1.82) is 0 Å². The molecule has 31 heavy (non-hydrogen) atoms. The van der Waals surface area contributed by atoms with Crippen LogP contribution in [0.2, 0.25) is 0 Å². The zero-order chi connectivity index (χ0) is 21.4. The maximum Gasteiger partial charge on any atom is 0.306 e. The quantitative estimate of drug-likeness (QED) is 0.404. The number of nitrogens with zero attached hydrogens (tertiary/aromatic N) is 2. The maximum absolute atomic E-state index is 12.0. The maximum atomic E-state index is 12.0. The zero-order valence-corrected chi connectivity index (χ0v) is 18.4. The third kappa shape index (κ3) is 3.59. The lowest BCUT2D eigenvalue weighted by molar-refractivity contribution is -0.143. The normalized spacial score (nSPS) is 20.4. The highest BCUT2D eigenvalue weighted by atomic mass is 16.5. The fourth-order valence-electron chi connectivity index (χ4n) is 5.42. The van der Waals surface area contributed by atoms with E-state index in [1.165, 1.54) is 33.3 Å². The topological polar surface area (TPSA) is 34.5 Å². The summed E-state index contributed by atoms with van der Waals surface area (Å²) >= 11 is 0. The number of fused-ring (bicyclic) bond motifs is 6. The molecule has 0 radical (unpaired) electrons. The first-order valence-electron chi connectivity index (χ1n) is 11.4. The molecule has 5 rings (SSSR count). The average Bonchev–Trinajstić information content (AvgIpc) is 3.06. The lowest BCUT2D eigenvalue weighted by Gasteiger charge is -2.46. The van der Waals surface area contributed by atoms with Crippen molar-refractivity contribution in [2.24, 2.45) is 7.05 Å². The van der Waals surface area contributed by atoms with Crippen LogP contribution in [0.5, 0.6) is 0 Å². The van der Waals surface area contributed by atoms with Gasteiger partial charge >= 0.3 is 5.97 Å². The van der Waals surface area contributed by atoms with Crippen LogP contribution in [0.15, 0.2) is 66.2 Å². The number of carbonyl (C=O) groups excluding carboxylic acids is 1. The smallest absolute Gasteiger partial charge is 0.306 e. The largest absolute Gasteiger partial charge is 0.461 e. The number of hydrogen-bond donors (Lipinski definition) is 0. The third-order valence-electron chi connectivity index (χ3n) is 6.87. The molecule has 2 unspecified atom stereocenters. The number of carbonyl (C=O) groups is 1. The van der Waals surface area contributed by atoms with Crippen molar-refractivity contribution in [2.75, 3.05) is 6.61 Å². The van der Waals surface area contributed by atoms with Crippen LogP contribution in [0, 0.1) is 0 Å². The Morgan fingerprint density at radius 2 is 1.84 bits per heavy atom. The monoisotopic (exact) mass is 414 g/mol. The van der Waals surface area contributed by atoms with Gasteiger partial charge in [0.05, 0.1) is 6.04 Å². The molecule has 0 aliphatic carbocycles. The first-order chi connectivity index (χ1) is 15.2. The fourth-order valence-corrected chi connectivity index (χ4v) is 5.42. The van der Waals surface area contributed by atoms with E-state index >= 15 is 0 Å². The van der Waals surface area contributed by atoms with Crippen molar-refractivity contribution in [2.45, 2.75) is 51.2 Å². The summed E-state index contributed by atoms with van der Waals surface area (Å²) in [7, 11) is 2.20. The van der Waals surface area contributed by atoms with Gasteiger partial charge in [-0.15, -0.1) is 0 Å². The SMILES string of the molecule is CCCC(=O)OCC1=CCC2c3c(c4ccccc4n3C)CC1N2Cc1ccccc1. The molecular weight excluding hydrogens is 384 g/mol. The lowest BCUT2D eigenvalue weighted by atomic mass is 9.82. The van der Waals surface area contributed by atoms with Gasteiger partial charge in [0.15, 0.2) is 0 Å². The van der Waals surface area contributed by atoms with Crippen molar-refractivity contribution >= 4 is 16.9 Å². The summed E-state index contributed by atoms with van der Waals surface area (Å²) in [4.78, 5) is 14.7. The Hall–Kier alpha value is -2.85. The lowest BCUT2D eigenvalue weighted by Crippen LogP contribution is -2.47. The van der Waals surface area contributed by atoms with Gasteiger partial charge in [-0.2, -0.15) is 0 Å². The molecule has 2 aliphatic rings. The van der Waals surface area contributed by atoms with Crippen LogP contribution in [0.3, 0.4) is 0 Å². The van der Waals surface area contributed by atoms with Gasteiger partial charge < -0.3 is 9.30 Å². The summed E-state index contributed by atoms with van der Waals surface area (Å²) in [5.41, 5.74) is 6.77. The molecular formula is C27H30N2O2. The Kier molecular flexibility index (Phi) is 5.41. The van der Waals surface area contributed by atoms with Gasteiger partial charge in [-0.3, -0.25) is 9.69 Å². The second-order valence-corrected chi connectivity index (χ2v) is 8.76. The second kappa shape index (κ2) is 8.35. The van der Waals surface area contributed by atoms with E-state index < -0.39 is 0 Å². The summed E-state index contributed by atoms with van der Waals surface area (Å²) < 4.78 is 8.05. The predicted molar refractivity (Wildman–Crippen MR) is 124 cm³/mol. The van der Waals surface area contributed by atoms with Crippen molar-refractivity contribution in [3.8, 4) is 0 Å². The molecule has 2 aliphatic heterocycles. The molecule has 4 nitrogen and oxygen atoms in total. The number of hydrogen-bond acceptors (Lipinski definition) is 3. The number of aromatic nitrogens is 1. The molecule has 4 heteroatoms. The number of rotatable bonds is 6. The van der Waals surface area contributed by atoms with E-state index in [-0.39, 0.29) is 12.0 Å². The number of esters is 1. The highest BCUT2D eigenvalue weighted by molar-refractivity contribution is 5.86. The van der Waals surface area contributed by atoms with Crippen molar-refractivity contribution in [3.63, 3.8) is 0 Å². The van der Waals surface area contributed by atoms with Crippen LogP contribution in [0.1, 0.15) is 49.0 Å². The van der Waals surface area contributed by atoms with Crippen LogP contribution in [-0.2, 0) is 29.5 Å². The molecule has 0 saturated carbocycles. The van der Waals surface area contributed by atoms with E-state index in [1.807, 2.05) is 6.92 Å². The van der Waals surface area contributed by atoms with E-state index in [2.05, 4.69) is 77.2 Å². The predicted octanol–water partition coefficient (Wildman–Crippen LogP) is 5.32. The Morgan fingerprint density at radius 1 is 1.06 bits per heavy atom. The molecule has 3 aromatic rings. The van der Waals surface area contributed by atoms with E-state index in [9.17, 15) is 4.79 Å². The third-order valence-corrected chi connectivity index (χ3v) is 6.87. The van der Waals surface area contributed by atoms with Gasteiger partial charge in [0.1, 0.15) is 6.61 Å². The minimum Gasteiger partial charge on any atom is -0.461 e. The Balaban J connectivity index is 1.53. The van der Waals surface area contributed by atoms with E-state index in [4.69, 9.17) is 4.74 Å². The van der Waals surface area contributed by atoms with Crippen molar-refractivity contribution < 1.29 is 9.53 Å². The first-order valence-corrected chi connectivity index (χ1v) is 11.4. The van der Waals surface area contributed by atoms with Crippen LogP contribution in [0.25, 0.3) is 10.9 Å². The average molecular weight is 415 g/mol. The highest BCUT2D eigenvalue weighted by Crippen LogP contribution is 2.45. The van der Waals surface area contributed by atoms with Crippen LogP contribution in [0.4, 0.5) is 0 Å². The fraction of sp³-hybridized carbons (Fsp3) is 0.370. The van der Waals surface area contributed by atoms with Crippen LogP contribution < -0.4 is 0 Å². The van der Waals surface area contributed by atoms with Crippen molar-refractivity contribution in [1.82, 2.24) is 9.47 Å². The van der Waals surface area contributed by atoms with Gasteiger partial charge in [-0.25, -0.2) is 0 Å². The molecule has 3 heterocycles. The summed E-state index contributed by atoms with van der Waals surface area (Å²) in [5, 5.41) is 1.36. The standard InChI is InChI=1S/C27H30N2O2/c1-3-9-26(30)31-18-20-14-15-24-27-22(21-12-7-8-13-23(21)28(27)2)16-25(20)29(24)17-19-10-5-4-6-11-19/h4-8,10-14,24-25H,3,9,15-18H2,1-2H3. The molecule has 0 N–H and O–H groups in total. The van der Waals surface area contributed by atoms with Gasteiger partial charge in [0.25, 0.3) is 0 Å². The van der Waals surface area contributed by atoms with E-state index in [1.54, 1.807) is 0 Å². The van der Waals surface area contributed by atoms with E-state index in [0.717, 1.165) is 25.8 Å². The van der Waals surface area contributed by atoms with Gasteiger partial charge in [0, 0.05) is 42.7 Å². The van der Waals surface area contributed by atoms with Gasteiger partial charge in [-0.05, 0) is 42.0 Å². The Bertz CT molecular complexity index is 1130. The molecule has 0 spiro atoms. The summed E-state index contributed by atoms with van der Waals surface area (Å²) in [6, 6.07) is 20.0. The second-order valence-electron chi connectivity index (χ2n) is 8.76. The molecule has 0 fully saturated rings. The Morgan fingerprint density at radius 3 is 2.65 bits per heavy atom. The zero-order valence-electron chi connectivity index (χ0n) is 18.4. The molecule has 2 atom stereocenters. The van der Waals surface area contributed by atoms with Crippen LogP contribution in [-0.4, -0.2) is 28.1 Å². The van der Waals surface area contributed by atoms with Gasteiger partial charge in [-0.1, -0.05) is 61.5 Å². The summed E-state index contributed by atoms with van der Waals surface area (Å²) in [5.74, 6) is -0.0956. The summed E-state index contributed by atoms with van der Waals surface area (Å²) in [6.07, 6.45) is 5.54. The molecule has 160 valence electrons. The number of para-hydroxylation sites is 1. The first kappa shape index (κ1) is 20.1. The number of benzene rings is 2. The molecule has 1 aromatic heterocycles. The molecule has 2 aromatic carbocycles. The van der Waals surface area contributed by atoms with Crippen LogP contribution >= 0.6 is 0 Å². The molecule has 0 amide bonds. The number of aryl methyl sites for hydroxylation is 1. The minimum absolute atomic E-state index is 0.0956.